The molecule has 0 radical (unpaired) electrons. The molecule has 0 unspecified atom stereocenters. The Bertz CT molecular complexity index is 735. The van der Waals surface area contributed by atoms with Crippen LogP contribution in [0.1, 0.15) is 42.7 Å². The smallest absolute Gasteiger partial charge is 0.311 e. The van der Waals surface area contributed by atoms with Crippen molar-refractivity contribution in [3.8, 4) is 5.69 Å². The van der Waals surface area contributed by atoms with Crippen molar-refractivity contribution in [2.24, 2.45) is 5.41 Å². The zero-order valence-corrected chi connectivity index (χ0v) is 14.1. The van der Waals surface area contributed by atoms with Crippen LogP contribution >= 0.6 is 0 Å². The van der Waals surface area contributed by atoms with Gasteiger partial charge in [0.15, 0.2) is 5.69 Å². The van der Waals surface area contributed by atoms with Crippen LogP contribution in [0.5, 0.6) is 0 Å². The summed E-state index contributed by atoms with van der Waals surface area (Å²) in [5.41, 5.74) is 1.08. The summed E-state index contributed by atoms with van der Waals surface area (Å²) in [5.74, 6) is -1.34. The standard InChI is InChI=1S/C17H22N4O3/c1-4-17(5-2,16(23)24)11-18-15(22)14-10-21(20-19-14)13-8-6-7-12(3)9-13/h6-10H,4-5,11H2,1-3H3,(H,18,22)(H,23,24). The fourth-order valence-corrected chi connectivity index (χ4v) is 2.48. The molecule has 0 aliphatic heterocycles. The van der Waals surface area contributed by atoms with Crippen molar-refractivity contribution < 1.29 is 14.7 Å². The molecule has 1 aromatic heterocycles. The maximum atomic E-state index is 12.2. The summed E-state index contributed by atoms with van der Waals surface area (Å²) >= 11 is 0. The van der Waals surface area contributed by atoms with Gasteiger partial charge in [0.05, 0.1) is 17.3 Å². The number of benzene rings is 1. The Balaban J connectivity index is 2.10. The normalized spacial score (nSPS) is 11.3. The average molecular weight is 330 g/mol. The minimum absolute atomic E-state index is 0.0610. The number of hydrogen-bond acceptors (Lipinski definition) is 4. The minimum atomic E-state index is -0.956. The fourth-order valence-electron chi connectivity index (χ4n) is 2.48. The maximum Gasteiger partial charge on any atom is 0.311 e. The van der Waals surface area contributed by atoms with Crippen molar-refractivity contribution in [3.63, 3.8) is 0 Å². The molecule has 0 bridgehead atoms. The van der Waals surface area contributed by atoms with Crippen LogP contribution in [-0.4, -0.2) is 38.5 Å². The van der Waals surface area contributed by atoms with Gasteiger partial charge in [-0.25, -0.2) is 4.68 Å². The van der Waals surface area contributed by atoms with Gasteiger partial charge in [-0.15, -0.1) is 5.10 Å². The van der Waals surface area contributed by atoms with Gasteiger partial charge in [0, 0.05) is 6.54 Å². The lowest BCUT2D eigenvalue weighted by molar-refractivity contribution is -0.149. The molecule has 1 heterocycles. The number of carbonyl (C=O) groups is 2. The molecule has 0 fully saturated rings. The van der Waals surface area contributed by atoms with Gasteiger partial charge in [0.25, 0.3) is 5.91 Å². The van der Waals surface area contributed by atoms with Gasteiger partial charge >= 0.3 is 5.97 Å². The van der Waals surface area contributed by atoms with Crippen molar-refractivity contribution in [2.75, 3.05) is 6.54 Å². The number of aliphatic carboxylic acids is 1. The summed E-state index contributed by atoms with van der Waals surface area (Å²) in [6.45, 7) is 5.64. The second-order valence-electron chi connectivity index (χ2n) is 5.86. The zero-order valence-electron chi connectivity index (χ0n) is 14.1. The predicted octanol–water partition coefficient (Wildman–Crippen LogP) is 2.20. The van der Waals surface area contributed by atoms with E-state index >= 15 is 0 Å². The molecule has 0 spiro atoms. The van der Waals surface area contributed by atoms with E-state index in [2.05, 4.69) is 15.6 Å². The van der Waals surface area contributed by atoms with Crippen LogP contribution in [-0.2, 0) is 4.79 Å². The zero-order chi connectivity index (χ0) is 17.7. The predicted molar refractivity (Wildman–Crippen MR) is 89.1 cm³/mol. The third-order valence-corrected chi connectivity index (χ3v) is 4.39. The topological polar surface area (TPSA) is 97.1 Å². The van der Waals surface area contributed by atoms with Crippen LogP contribution in [0.4, 0.5) is 0 Å². The van der Waals surface area contributed by atoms with Crippen LogP contribution < -0.4 is 5.32 Å². The molecule has 0 aliphatic carbocycles. The lowest BCUT2D eigenvalue weighted by atomic mass is 9.82. The van der Waals surface area contributed by atoms with E-state index < -0.39 is 17.3 Å². The lowest BCUT2D eigenvalue weighted by Gasteiger charge is -2.26. The first-order valence-electron chi connectivity index (χ1n) is 7.93. The van der Waals surface area contributed by atoms with E-state index in [1.165, 1.54) is 10.9 Å². The Morgan fingerprint density at radius 3 is 2.58 bits per heavy atom. The lowest BCUT2D eigenvalue weighted by Crippen LogP contribution is -2.42. The number of carboxylic acids is 1. The highest BCUT2D eigenvalue weighted by Gasteiger charge is 2.35. The Hall–Kier alpha value is -2.70. The van der Waals surface area contributed by atoms with E-state index in [1.807, 2.05) is 31.2 Å². The van der Waals surface area contributed by atoms with E-state index in [9.17, 15) is 14.7 Å². The molecule has 7 heteroatoms. The summed E-state index contributed by atoms with van der Waals surface area (Å²) in [6, 6.07) is 7.66. The second-order valence-corrected chi connectivity index (χ2v) is 5.86. The highest BCUT2D eigenvalue weighted by Crippen LogP contribution is 2.25. The van der Waals surface area contributed by atoms with E-state index in [0.29, 0.717) is 12.8 Å². The molecule has 24 heavy (non-hydrogen) atoms. The summed E-state index contributed by atoms with van der Waals surface area (Å²) < 4.78 is 1.52. The van der Waals surface area contributed by atoms with Crippen LogP contribution in [0.2, 0.25) is 0 Å². The first-order chi connectivity index (χ1) is 11.4. The number of aryl methyl sites for hydroxylation is 1. The summed E-state index contributed by atoms with van der Waals surface area (Å²) in [5, 5.41) is 19.9. The summed E-state index contributed by atoms with van der Waals surface area (Å²) in [7, 11) is 0. The van der Waals surface area contributed by atoms with Crippen LogP contribution in [0, 0.1) is 12.3 Å². The molecular weight excluding hydrogens is 308 g/mol. The fraction of sp³-hybridized carbons (Fsp3) is 0.412. The van der Waals surface area contributed by atoms with Gasteiger partial charge in [-0.05, 0) is 37.5 Å². The first-order valence-corrected chi connectivity index (χ1v) is 7.93. The van der Waals surface area contributed by atoms with Gasteiger partial charge in [0.2, 0.25) is 0 Å². The third-order valence-electron chi connectivity index (χ3n) is 4.39. The monoisotopic (exact) mass is 330 g/mol. The van der Waals surface area contributed by atoms with E-state index in [0.717, 1.165) is 11.3 Å². The highest BCUT2D eigenvalue weighted by atomic mass is 16.4. The molecule has 7 nitrogen and oxygen atoms in total. The Kier molecular flexibility index (Phi) is 5.33. The SMILES string of the molecule is CCC(CC)(CNC(=O)c1cn(-c2cccc(C)c2)nn1)C(=O)O. The van der Waals surface area contributed by atoms with Crippen LogP contribution in [0.25, 0.3) is 5.69 Å². The largest absolute Gasteiger partial charge is 0.481 e. The van der Waals surface area contributed by atoms with E-state index in [4.69, 9.17) is 0 Å². The molecule has 2 rings (SSSR count). The summed E-state index contributed by atoms with van der Waals surface area (Å²) in [4.78, 5) is 23.7. The number of amides is 1. The first kappa shape index (κ1) is 17.7. The third kappa shape index (κ3) is 3.61. The Labute approximate surface area is 140 Å². The van der Waals surface area contributed by atoms with Crippen molar-refractivity contribution >= 4 is 11.9 Å². The van der Waals surface area contributed by atoms with E-state index in [-0.39, 0.29) is 12.2 Å². The number of nitrogens with zero attached hydrogens (tertiary/aromatic N) is 3. The molecule has 2 aromatic rings. The van der Waals surface area contributed by atoms with Gasteiger partial charge in [-0.2, -0.15) is 0 Å². The number of rotatable bonds is 7. The molecule has 2 N–H and O–H groups in total. The molecular formula is C17H22N4O3. The number of nitrogens with one attached hydrogen (secondary N) is 1. The number of carbonyl (C=O) groups excluding carboxylic acids is 1. The number of aromatic nitrogens is 3. The van der Waals surface area contributed by atoms with Gasteiger partial charge in [-0.3, -0.25) is 9.59 Å². The second kappa shape index (κ2) is 7.25. The van der Waals surface area contributed by atoms with Gasteiger partial charge in [-0.1, -0.05) is 31.2 Å². The van der Waals surface area contributed by atoms with Crippen molar-refractivity contribution in [1.29, 1.82) is 0 Å². The molecule has 128 valence electrons. The van der Waals surface area contributed by atoms with Gasteiger partial charge < -0.3 is 10.4 Å². The molecule has 0 saturated carbocycles. The maximum absolute atomic E-state index is 12.2. The van der Waals surface area contributed by atoms with Gasteiger partial charge in [0.1, 0.15) is 0 Å². The minimum Gasteiger partial charge on any atom is -0.481 e. The van der Waals surface area contributed by atoms with Crippen molar-refractivity contribution in [3.05, 3.63) is 41.7 Å². The molecule has 1 aromatic carbocycles. The molecule has 1 amide bonds. The van der Waals surface area contributed by atoms with E-state index in [1.54, 1.807) is 13.8 Å². The van der Waals surface area contributed by atoms with Crippen molar-refractivity contribution in [1.82, 2.24) is 20.3 Å². The number of carboxylic acid groups (broad SMARTS) is 1. The number of hydrogen-bond donors (Lipinski definition) is 2. The van der Waals surface area contributed by atoms with Crippen LogP contribution in [0.3, 0.4) is 0 Å². The molecule has 0 atom stereocenters. The quantitative estimate of drug-likeness (QED) is 0.811. The van der Waals surface area contributed by atoms with Crippen molar-refractivity contribution in [2.45, 2.75) is 33.6 Å². The van der Waals surface area contributed by atoms with Crippen LogP contribution in [0.15, 0.2) is 30.5 Å². The summed E-state index contributed by atoms with van der Waals surface area (Å²) in [6.07, 6.45) is 2.41. The molecule has 0 saturated heterocycles. The Morgan fingerprint density at radius 2 is 2.00 bits per heavy atom. The highest BCUT2D eigenvalue weighted by molar-refractivity contribution is 5.92. The Morgan fingerprint density at radius 1 is 1.29 bits per heavy atom. The average Bonchev–Trinajstić information content (AvgIpc) is 3.06. The molecule has 0 aliphatic rings.